The summed E-state index contributed by atoms with van der Waals surface area (Å²) in [6, 6.07) is 69.9. The summed E-state index contributed by atoms with van der Waals surface area (Å²) in [5, 5.41) is 11.1. The van der Waals surface area contributed by atoms with Crippen LogP contribution in [0.1, 0.15) is 38.4 Å². The smallest absolute Gasteiger partial charge is 0.661 e. The number of fused-ring (bicyclic) bond motifs is 5. The monoisotopic (exact) mass is 1020 g/mol. The maximum atomic E-state index is 8.44. The van der Waals surface area contributed by atoms with Crippen molar-refractivity contribution in [3.63, 3.8) is 0 Å². The zero-order valence-corrected chi connectivity index (χ0v) is 40.0. The van der Waals surface area contributed by atoms with Crippen LogP contribution in [0, 0.1) is 12.1 Å². The minimum Gasteiger partial charge on any atom is -0.661 e. The van der Waals surface area contributed by atoms with Gasteiger partial charge in [-0.2, -0.15) is 18.2 Å². The number of nitrogens with zero attached hydrogens (tertiary/aromatic N) is 3. The first-order valence-electron chi connectivity index (χ1n) is 22.1. The molecular weight excluding hydrogens is 975 g/mol. The largest absolute Gasteiger partial charge is 3.00 e. The van der Waals surface area contributed by atoms with Gasteiger partial charge in [-0.3, -0.25) is 0 Å². The molecule has 8 aromatic carbocycles. The SMILES string of the molecule is [2H]C(C)(C)c1cc(-c2[c-]cccc2)ncc1[Si](C)(C)C.[Ir+3].[c-]1ccc2c(oc3cc(-c4ccccc4)ccc32)c1C1[N-]c2cc3ccccc3cc2N1c1ccc(-c2ccccc2)cc1. The second-order valence-electron chi connectivity index (χ2n) is 17.4. The summed E-state index contributed by atoms with van der Waals surface area (Å²) in [7, 11) is -1.50. The Morgan fingerprint density at radius 1 is 0.656 bits per heavy atom. The summed E-state index contributed by atoms with van der Waals surface area (Å²) in [5.41, 5.74) is 13.4. The molecule has 1 unspecified atom stereocenters. The molecule has 0 aliphatic carbocycles. The van der Waals surface area contributed by atoms with Crippen molar-refractivity contribution in [3.05, 3.63) is 217 Å². The Morgan fingerprint density at radius 3 is 1.97 bits per heavy atom. The normalized spacial score (nSPS) is 13.7. The van der Waals surface area contributed by atoms with E-state index in [-0.39, 0.29) is 26.3 Å². The van der Waals surface area contributed by atoms with Gasteiger partial charge in [0.25, 0.3) is 0 Å². The Hall–Kier alpha value is -6.56. The van der Waals surface area contributed by atoms with Crippen molar-refractivity contribution >= 4 is 63.0 Å². The number of pyridine rings is 1. The van der Waals surface area contributed by atoms with E-state index in [1.807, 2.05) is 62.5 Å². The second-order valence-corrected chi connectivity index (χ2v) is 22.5. The van der Waals surface area contributed by atoms with E-state index in [0.717, 1.165) is 66.9 Å². The summed E-state index contributed by atoms with van der Waals surface area (Å²) in [6.45, 7) is 10.8. The quantitative estimate of drug-likeness (QED) is 0.118. The maximum Gasteiger partial charge on any atom is 3.00 e. The zero-order valence-electron chi connectivity index (χ0n) is 37.6. The molecule has 0 radical (unpaired) electrons. The molecule has 64 heavy (non-hydrogen) atoms. The number of anilines is 2. The number of benzene rings is 8. The first-order valence-corrected chi connectivity index (χ1v) is 25.1. The molecule has 0 saturated heterocycles. The van der Waals surface area contributed by atoms with Crippen LogP contribution in [0.4, 0.5) is 17.1 Å². The minimum absolute atomic E-state index is 0. The van der Waals surface area contributed by atoms with Crippen molar-refractivity contribution in [2.45, 2.75) is 45.5 Å². The predicted octanol–water partition coefficient (Wildman–Crippen LogP) is 15.9. The van der Waals surface area contributed by atoms with Crippen LogP contribution in [-0.4, -0.2) is 13.1 Å². The van der Waals surface area contributed by atoms with Gasteiger partial charge in [-0.1, -0.05) is 166 Å². The second kappa shape index (κ2) is 17.9. The number of hydrogen-bond acceptors (Lipinski definition) is 3. The molecule has 10 aromatic rings. The molecule has 2 aromatic heterocycles. The van der Waals surface area contributed by atoms with Crippen molar-refractivity contribution in [3.8, 4) is 33.5 Å². The van der Waals surface area contributed by atoms with E-state index in [9.17, 15) is 0 Å². The molecule has 0 N–H and O–H groups in total. The molecule has 0 saturated carbocycles. The maximum absolute atomic E-state index is 8.44. The van der Waals surface area contributed by atoms with Gasteiger partial charge in [-0.25, -0.2) is 0 Å². The van der Waals surface area contributed by atoms with Crippen LogP contribution in [0.15, 0.2) is 193 Å². The van der Waals surface area contributed by atoms with Gasteiger partial charge in [0.05, 0.1) is 8.07 Å². The van der Waals surface area contributed by atoms with Gasteiger partial charge in [-0.15, -0.1) is 47.1 Å². The van der Waals surface area contributed by atoms with Gasteiger partial charge in [0, 0.05) is 29.9 Å². The molecule has 0 amide bonds. The van der Waals surface area contributed by atoms with Crippen LogP contribution in [0.25, 0.3) is 71.5 Å². The van der Waals surface area contributed by atoms with Gasteiger partial charge in [0.2, 0.25) is 0 Å². The van der Waals surface area contributed by atoms with Crippen molar-refractivity contribution in [2.75, 3.05) is 4.90 Å². The third kappa shape index (κ3) is 8.33. The first-order chi connectivity index (χ1) is 31.0. The molecule has 1 aliphatic heterocycles. The van der Waals surface area contributed by atoms with Crippen LogP contribution >= 0.6 is 0 Å². The Kier molecular flexibility index (Phi) is 11.6. The molecule has 4 nitrogen and oxygen atoms in total. The third-order valence-electron chi connectivity index (χ3n) is 11.9. The Labute approximate surface area is 392 Å². The summed E-state index contributed by atoms with van der Waals surface area (Å²) < 4.78 is 15.1. The minimum atomic E-state index is -1.50. The predicted molar refractivity (Wildman–Crippen MR) is 267 cm³/mol. The van der Waals surface area contributed by atoms with Gasteiger partial charge < -0.3 is 19.6 Å². The summed E-state index contributed by atoms with van der Waals surface area (Å²) >= 11 is 0. The van der Waals surface area contributed by atoms with Gasteiger partial charge in [0.15, 0.2) is 0 Å². The van der Waals surface area contributed by atoms with Crippen LogP contribution in [0.3, 0.4) is 0 Å². The molecule has 1 atom stereocenters. The van der Waals surface area contributed by atoms with E-state index in [2.05, 4.69) is 181 Å². The molecule has 0 bridgehead atoms. The average Bonchev–Trinajstić information content (AvgIpc) is 3.89. The van der Waals surface area contributed by atoms with Crippen LogP contribution in [0.2, 0.25) is 19.6 Å². The number of rotatable bonds is 7. The summed E-state index contributed by atoms with van der Waals surface area (Å²) in [6.07, 6.45) is 1.65. The zero-order chi connectivity index (χ0) is 44.0. The molecule has 314 valence electrons. The van der Waals surface area contributed by atoms with Crippen LogP contribution in [0.5, 0.6) is 0 Å². The van der Waals surface area contributed by atoms with Gasteiger partial charge in [-0.05, 0) is 80.2 Å². The van der Waals surface area contributed by atoms with E-state index in [0.29, 0.717) is 0 Å². The first kappa shape index (κ1) is 41.4. The fraction of sp³-hybridized carbons (Fsp3) is 0.121. The van der Waals surface area contributed by atoms with Crippen LogP contribution in [-0.2, 0) is 20.1 Å². The summed E-state index contributed by atoms with van der Waals surface area (Å²) in [4.78, 5) is 6.93. The van der Waals surface area contributed by atoms with Gasteiger partial charge >= 0.3 is 20.1 Å². The van der Waals surface area contributed by atoms with E-state index >= 15 is 0 Å². The average molecular weight is 1020 g/mol. The molecule has 6 heteroatoms. The topological polar surface area (TPSA) is 43.4 Å². The fourth-order valence-electron chi connectivity index (χ4n) is 8.68. The molecule has 0 spiro atoms. The van der Waals surface area contributed by atoms with Crippen molar-refractivity contribution in [2.24, 2.45) is 0 Å². The van der Waals surface area contributed by atoms with E-state index in [1.54, 1.807) is 0 Å². The molecule has 0 fully saturated rings. The number of furan rings is 1. The fourth-order valence-corrected chi connectivity index (χ4v) is 10.3. The van der Waals surface area contributed by atoms with Crippen molar-refractivity contribution < 1.29 is 25.9 Å². The third-order valence-corrected chi connectivity index (χ3v) is 13.9. The molecule has 11 rings (SSSR count). The standard InChI is InChI=1S/C41H26N2O.C17H22NSi.Ir/c1-3-10-27(11-4-1)29-18-21-33(22-19-29)43-38-25-31-15-8-7-14-30(31)24-37(38)42-41(43)36-17-9-16-35-34-23-20-32(26-39(34)44-40(35)36)28-12-5-2-6-13-28;1-13(2)15-11-16(14-9-7-6-8-10-14)18-12-17(15)19(3,4)5;/h1-16,18-26,41H;6-9,11-13H,1-5H3;/q-2;-1;+3/i;13D;. The van der Waals surface area contributed by atoms with Gasteiger partial charge in [0.1, 0.15) is 5.58 Å². The number of aromatic nitrogens is 1. The number of hydrogen-bond donors (Lipinski definition) is 0. The Balaban J connectivity index is 0.000000215. The van der Waals surface area contributed by atoms with Crippen molar-refractivity contribution in [1.82, 2.24) is 4.98 Å². The van der Waals surface area contributed by atoms with E-state index in [1.165, 1.54) is 32.6 Å². The van der Waals surface area contributed by atoms with E-state index in [4.69, 9.17) is 11.1 Å². The molecular formula is C58H48IrN3OSi. The molecule has 1 aliphatic rings. The van der Waals surface area contributed by atoms with E-state index < -0.39 is 14.0 Å². The molecule has 3 heterocycles. The summed E-state index contributed by atoms with van der Waals surface area (Å²) in [5.74, 6) is -0.609. The van der Waals surface area contributed by atoms with Crippen molar-refractivity contribution in [1.29, 1.82) is 0 Å². The van der Waals surface area contributed by atoms with Crippen LogP contribution < -0.4 is 10.1 Å². The Bertz CT molecular complexity index is 3270. The Morgan fingerprint density at radius 2 is 1.30 bits per heavy atom.